The van der Waals surface area contributed by atoms with Crippen molar-refractivity contribution >= 4 is 13.7 Å². The molecule has 2 radical (unpaired) electrons. The lowest BCUT2D eigenvalue weighted by molar-refractivity contribution is 0.0841. The Morgan fingerprint density at radius 1 is 1.15 bits per heavy atom. The maximum absolute atomic E-state index is 9.12. The number of nitrogens with one attached hydrogen (secondary N) is 2. The molecule has 1 heterocycles. The van der Waals surface area contributed by atoms with E-state index in [0.29, 0.717) is 11.9 Å². The van der Waals surface area contributed by atoms with Crippen LogP contribution in [-0.4, -0.2) is 44.1 Å². The Morgan fingerprint density at radius 2 is 1.77 bits per heavy atom. The summed E-state index contributed by atoms with van der Waals surface area (Å²) in [7, 11) is 4.50. The first-order valence-corrected chi connectivity index (χ1v) is 10.8. The topological polar surface area (TPSA) is 65.3 Å². The zero-order valence-corrected chi connectivity index (χ0v) is 17.8. The maximum Gasteiger partial charge on any atom is 0.188 e. The second-order valence-corrected chi connectivity index (χ2v) is 7.38. The van der Waals surface area contributed by atoms with E-state index in [9.17, 15) is 0 Å². The summed E-state index contributed by atoms with van der Waals surface area (Å²) < 4.78 is 5.63. The average molecular weight is 366 g/mol. The van der Waals surface area contributed by atoms with Gasteiger partial charge in [-0.2, -0.15) is 0 Å². The van der Waals surface area contributed by atoms with Crippen molar-refractivity contribution in [1.29, 1.82) is 5.41 Å². The lowest BCUT2D eigenvalue weighted by atomic mass is 9.82. The number of rotatable bonds is 9. The number of unbranched alkanes of at least 4 members (excludes halogenated alkanes) is 5. The van der Waals surface area contributed by atoms with E-state index < -0.39 is 0 Å². The highest BCUT2D eigenvalue weighted by Gasteiger charge is 2.50. The minimum Gasteiger partial charge on any atom is -0.475 e. The Kier molecular flexibility index (Phi) is 15.2. The zero-order chi connectivity index (χ0) is 19.8. The summed E-state index contributed by atoms with van der Waals surface area (Å²) in [6.45, 7) is 8.99. The third kappa shape index (κ3) is 8.00. The van der Waals surface area contributed by atoms with E-state index in [1.165, 1.54) is 51.8 Å². The highest BCUT2D eigenvalue weighted by molar-refractivity contribution is 6.05. The zero-order valence-electron chi connectivity index (χ0n) is 17.8. The van der Waals surface area contributed by atoms with Crippen LogP contribution >= 0.6 is 0 Å². The highest BCUT2D eigenvalue weighted by atomic mass is 16.5. The van der Waals surface area contributed by atoms with Crippen molar-refractivity contribution in [3.05, 3.63) is 0 Å². The number of hydrogen-bond acceptors (Lipinski definition) is 4. The van der Waals surface area contributed by atoms with Gasteiger partial charge in [0.05, 0.1) is 19.9 Å². The molecule has 0 aromatic carbocycles. The van der Waals surface area contributed by atoms with Crippen LogP contribution < -0.4 is 5.32 Å². The smallest absolute Gasteiger partial charge is 0.188 e. The summed E-state index contributed by atoms with van der Waals surface area (Å²) >= 11 is 0. The van der Waals surface area contributed by atoms with Crippen molar-refractivity contribution in [3.63, 3.8) is 0 Å². The Balaban J connectivity index is 0.000000533. The molecule has 2 aliphatic rings. The number of ether oxygens (including phenoxy) is 1. The fourth-order valence-electron chi connectivity index (χ4n) is 3.91. The second kappa shape index (κ2) is 15.5. The third-order valence-corrected chi connectivity index (χ3v) is 5.60. The van der Waals surface area contributed by atoms with E-state index in [-0.39, 0.29) is 18.1 Å². The number of hydrogen-bond donors (Lipinski definition) is 3. The van der Waals surface area contributed by atoms with E-state index in [2.05, 4.69) is 27.0 Å². The van der Waals surface area contributed by atoms with Gasteiger partial charge in [-0.3, -0.25) is 5.41 Å². The minimum atomic E-state index is -0.205. The summed E-state index contributed by atoms with van der Waals surface area (Å²) in [5.41, 5.74) is -0.0669. The van der Waals surface area contributed by atoms with E-state index in [4.69, 9.17) is 15.3 Å². The van der Waals surface area contributed by atoms with Crippen LogP contribution in [0.15, 0.2) is 0 Å². The Hall–Kier alpha value is -0.545. The van der Waals surface area contributed by atoms with E-state index in [1.807, 2.05) is 6.92 Å². The van der Waals surface area contributed by atoms with Crippen LogP contribution in [-0.2, 0) is 4.74 Å². The van der Waals surface area contributed by atoms with Crippen molar-refractivity contribution in [2.24, 2.45) is 5.41 Å². The fourth-order valence-corrected chi connectivity index (χ4v) is 3.91. The summed E-state index contributed by atoms with van der Waals surface area (Å²) in [6, 6.07) is 0.427. The summed E-state index contributed by atoms with van der Waals surface area (Å²) in [5, 5.41) is 20.8. The minimum absolute atomic E-state index is 0.00700. The van der Waals surface area contributed by atoms with Gasteiger partial charge < -0.3 is 15.2 Å². The molecule has 3 N–H and O–H groups in total. The van der Waals surface area contributed by atoms with Crippen LogP contribution in [0.25, 0.3) is 0 Å². The molecule has 1 aliphatic carbocycles. The Morgan fingerprint density at radius 3 is 2.27 bits per heavy atom. The molecule has 0 bridgehead atoms. The van der Waals surface area contributed by atoms with Gasteiger partial charge in [0.2, 0.25) is 0 Å². The summed E-state index contributed by atoms with van der Waals surface area (Å²) in [4.78, 5) is 0. The van der Waals surface area contributed by atoms with E-state index >= 15 is 0 Å². The fraction of sp³-hybridized carbons (Fsp3) is 0.952. The van der Waals surface area contributed by atoms with Gasteiger partial charge in [-0.25, -0.2) is 0 Å². The van der Waals surface area contributed by atoms with Crippen molar-refractivity contribution < 1.29 is 9.84 Å². The molecule has 3 atom stereocenters. The molecule has 0 amide bonds. The van der Waals surface area contributed by atoms with Crippen molar-refractivity contribution in [3.8, 4) is 0 Å². The Labute approximate surface area is 163 Å². The van der Waals surface area contributed by atoms with Gasteiger partial charge in [-0.15, -0.1) is 0 Å². The molecule has 5 heteroatoms. The number of aliphatic hydroxyl groups is 1. The molecule has 2 fully saturated rings. The van der Waals surface area contributed by atoms with Gasteiger partial charge in [0.1, 0.15) is 6.10 Å². The van der Waals surface area contributed by atoms with Gasteiger partial charge in [0.25, 0.3) is 0 Å². The molecule has 1 saturated heterocycles. The van der Waals surface area contributed by atoms with Crippen LogP contribution in [0.1, 0.15) is 91.4 Å². The van der Waals surface area contributed by atoms with Crippen molar-refractivity contribution in [2.45, 2.75) is 110 Å². The first-order valence-electron chi connectivity index (χ1n) is 10.8. The molecule has 2 rings (SSSR count). The normalized spacial score (nSPS) is 24.6. The van der Waals surface area contributed by atoms with Gasteiger partial charge in [0.15, 0.2) is 5.90 Å². The standard InChI is InChI=1S/C12H22N2O2.C8H18.CH3B/c1-2-9(8-15)16-11(13)12-5-3-4-10(12)14-7-6-12;1-3-5-7-8-6-4-2;1-2/h9-10,13-15H,2-8H2,1H3;3-8H2,1-2H3;1H3/t9?,10?,12-;;/m0../s1. The van der Waals surface area contributed by atoms with Crippen LogP contribution in [0.2, 0.25) is 6.82 Å². The summed E-state index contributed by atoms with van der Waals surface area (Å²) in [5.74, 6) is 0.404. The first-order chi connectivity index (χ1) is 12.6. The van der Waals surface area contributed by atoms with E-state index in [1.54, 1.807) is 0 Å². The lowest BCUT2D eigenvalue weighted by Gasteiger charge is -2.31. The third-order valence-electron chi connectivity index (χ3n) is 5.60. The predicted octanol–water partition coefficient (Wildman–Crippen LogP) is 4.85. The van der Waals surface area contributed by atoms with E-state index in [0.717, 1.165) is 32.2 Å². The Bertz CT molecular complexity index is 333. The average Bonchev–Trinajstić information content (AvgIpc) is 3.26. The van der Waals surface area contributed by atoms with Crippen LogP contribution in [0, 0.1) is 10.8 Å². The summed E-state index contributed by atoms with van der Waals surface area (Å²) in [6.07, 6.45) is 13.4. The molecule has 0 spiro atoms. The predicted molar refractivity (Wildman–Crippen MR) is 113 cm³/mol. The molecular weight excluding hydrogens is 323 g/mol. The largest absolute Gasteiger partial charge is 0.475 e. The molecule has 26 heavy (non-hydrogen) atoms. The SMILES string of the molecule is CCC(CO)OC(=N)[C@]12CCCC1NCC2.CCCCCCCC.[B]C. The molecular formula is C21H43BN2O2. The van der Waals surface area contributed by atoms with Crippen molar-refractivity contribution in [1.82, 2.24) is 5.32 Å². The maximum atomic E-state index is 9.12. The van der Waals surface area contributed by atoms with Crippen molar-refractivity contribution in [2.75, 3.05) is 13.2 Å². The monoisotopic (exact) mass is 366 g/mol. The van der Waals surface area contributed by atoms with Gasteiger partial charge in [0, 0.05) is 6.04 Å². The molecule has 4 nitrogen and oxygen atoms in total. The molecule has 1 saturated carbocycles. The number of aliphatic hydroxyl groups excluding tert-OH is 1. The lowest BCUT2D eigenvalue weighted by Crippen LogP contribution is -2.41. The van der Waals surface area contributed by atoms with Gasteiger partial charge in [-0.05, 0) is 32.2 Å². The quantitative estimate of drug-likeness (QED) is 0.236. The first kappa shape index (κ1) is 25.5. The molecule has 2 unspecified atom stereocenters. The molecule has 1 aliphatic heterocycles. The van der Waals surface area contributed by atoms with Crippen LogP contribution in [0.3, 0.4) is 0 Å². The number of fused-ring (bicyclic) bond motifs is 1. The van der Waals surface area contributed by atoms with Crippen LogP contribution in [0.4, 0.5) is 0 Å². The highest BCUT2D eigenvalue weighted by Crippen LogP contribution is 2.45. The van der Waals surface area contributed by atoms with Crippen LogP contribution in [0.5, 0.6) is 0 Å². The van der Waals surface area contributed by atoms with Gasteiger partial charge >= 0.3 is 0 Å². The van der Waals surface area contributed by atoms with Gasteiger partial charge in [-0.1, -0.05) is 72.5 Å². The molecule has 0 aromatic rings. The molecule has 152 valence electrons. The second-order valence-electron chi connectivity index (χ2n) is 7.38. The molecule has 0 aromatic heterocycles.